The van der Waals surface area contributed by atoms with Crippen molar-refractivity contribution in [2.24, 2.45) is 0 Å². The molecule has 7 nitrogen and oxygen atoms in total. The number of rotatable bonds is 11. The summed E-state index contributed by atoms with van der Waals surface area (Å²) < 4.78 is 43.7. The fraction of sp³-hybridized carbons (Fsp3) is 0.286. The Bertz CT molecular complexity index is 1350. The van der Waals surface area contributed by atoms with Crippen LogP contribution in [0.25, 0.3) is 0 Å². The Morgan fingerprint density at radius 3 is 2.16 bits per heavy atom. The average molecular weight is 605 g/mol. The second-order valence-corrected chi connectivity index (χ2v) is 11.7. The van der Waals surface area contributed by atoms with Crippen LogP contribution < -0.4 is 9.62 Å². The third kappa shape index (κ3) is 7.20. The summed E-state index contributed by atoms with van der Waals surface area (Å²) in [7, 11) is -4.15. The highest BCUT2D eigenvalue weighted by Gasteiger charge is 2.33. The molecule has 0 fully saturated rings. The zero-order valence-corrected chi connectivity index (χ0v) is 23.9. The quantitative estimate of drug-likeness (QED) is 0.330. The first-order valence-electron chi connectivity index (χ1n) is 12.2. The highest BCUT2D eigenvalue weighted by atomic mass is 79.9. The molecule has 0 bridgehead atoms. The van der Waals surface area contributed by atoms with E-state index < -0.39 is 40.2 Å². The monoisotopic (exact) mass is 603 g/mol. The third-order valence-corrected chi connectivity index (χ3v) is 8.51. The number of nitrogens with zero attached hydrogens (tertiary/aromatic N) is 2. The van der Waals surface area contributed by atoms with E-state index in [-0.39, 0.29) is 28.7 Å². The molecule has 202 valence electrons. The molecule has 0 aliphatic rings. The minimum absolute atomic E-state index is 0.0129. The highest BCUT2D eigenvalue weighted by Crippen LogP contribution is 2.26. The second-order valence-electron chi connectivity index (χ2n) is 8.91. The van der Waals surface area contributed by atoms with Crippen LogP contribution in [-0.4, -0.2) is 43.8 Å². The molecule has 0 saturated heterocycles. The van der Waals surface area contributed by atoms with Gasteiger partial charge in [-0.2, -0.15) is 0 Å². The average Bonchev–Trinajstić information content (AvgIpc) is 2.91. The molecule has 2 amide bonds. The van der Waals surface area contributed by atoms with Gasteiger partial charge in [0.1, 0.15) is 18.4 Å². The van der Waals surface area contributed by atoms with E-state index in [1.54, 1.807) is 55.5 Å². The summed E-state index contributed by atoms with van der Waals surface area (Å²) in [6.45, 7) is 4.51. The fourth-order valence-corrected chi connectivity index (χ4v) is 5.41. The van der Waals surface area contributed by atoms with Gasteiger partial charge < -0.3 is 10.2 Å². The van der Waals surface area contributed by atoms with Crippen LogP contribution in [0.2, 0.25) is 0 Å². The van der Waals surface area contributed by atoms with Gasteiger partial charge in [-0.3, -0.25) is 13.9 Å². The predicted octanol–water partition coefficient (Wildman–Crippen LogP) is 5.12. The maximum Gasteiger partial charge on any atom is 0.264 e. The Hall–Kier alpha value is -3.24. The molecule has 0 aliphatic heterocycles. The number of carbonyl (C=O) groups excluding carboxylic acids is 2. The van der Waals surface area contributed by atoms with E-state index >= 15 is 0 Å². The molecule has 0 saturated carbocycles. The van der Waals surface area contributed by atoms with Crippen molar-refractivity contribution in [1.82, 2.24) is 10.2 Å². The van der Waals surface area contributed by atoms with E-state index in [0.29, 0.717) is 6.42 Å². The number of anilines is 1. The highest BCUT2D eigenvalue weighted by molar-refractivity contribution is 9.10. The number of amides is 2. The molecule has 38 heavy (non-hydrogen) atoms. The minimum Gasteiger partial charge on any atom is -0.352 e. The molecule has 0 spiro atoms. The Balaban J connectivity index is 2.02. The van der Waals surface area contributed by atoms with Crippen molar-refractivity contribution >= 4 is 43.5 Å². The fourth-order valence-electron chi connectivity index (χ4n) is 3.71. The predicted molar refractivity (Wildman–Crippen MR) is 149 cm³/mol. The van der Waals surface area contributed by atoms with Crippen molar-refractivity contribution in [3.63, 3.8) is 0 Å². The maximum absolute atomic E-state index is 14.6. The number of benzene rings is 3. The van der Waals surface area contributed by atoms with Gasteiger partial charge in [-0.15, -0.1) is 0 Å². The van der Waals surface area contributed by atoms with Crippen LogP contribution in [0.3, 0.4) is 0 Å². The molecule has 2 atom stereocenters. The molecular weight excluding hydrogens is 573 g/mol. The van der Waals surface area contributed by atoms with Crippen LogP contribution in [-0.2, 0) is 26.2 Å². The van der Waals surface area contributed by atoms with Crippen molar-refractivity contribution < 1.29 is 22.4 Å². The molecule has 0 aromatic heterocycles. The van der Waals surface area contributed by atoms with E-state index in [1.807, 2.05) is 13.8 Å². The molecule has 0 heterocycles. The summed E-state index contributed by atoms with van der Waals surface area (Å²) in [4.78, 5) is 28.0. The molecule has 0 radical (unpaired) electrons. The first-order chi connectivity index (χ1) is 18.0. The second kappa shape index (κ2) is 13.0. The Labute approximate surface area is 231 Å². The zero-order valence-electron chi connectivity index (χ0n) is 21.5. The van der Waals surface area contributed by atoms with E-state index in [1.165, 1.54) is 35.2 Å². The minimum atomic E-state index is -4.15. The van der Waals surface area contributed by atoms with Gasteiger partial charge >= 0.3 is 0 Å². The van der Waals surface area contributed by atoms with Gasteiger partial charge in [0.15, 0.2) is 0 Å². The lowest BCUT2D eigenvalue weighted by atomic mass is 10.1. The van der Waals surface area contributed by atoms with Crippen LogP contribution in [0.5, 0.6) is 0 Å². The van der Waals surface area contributed by atoms with Crippen molar-refractivity contribution in [2.75, 3.05) is 10.8 Å². The molecular formula is C28H31BrFN3O4S. The van der Waals surface area contributed by atoms with E-state index in [4.69, 9.17) is 0 Å². The van der Waals surface area contributed by atoms with Crippen LogP contribution in [0, 0.1) is 5.82 Å². The molecule has 1 N–H and O–H groups in total. The van der Waals surface area contributed by atoms with E-state index in [9.17, 15) is 22.4 Å². The molecule has 3 rings (SSSR count). The SMILES string of the molecule is CC[C@H](C)NC(=O)[C@H](C)N(Cc1ccccc1F)C(=O)CN(c1ccc(Br)cc1)S(=O)(=O)c1ccccc1. The number of halogens is 2. The zero-order chi connectivity index (χ0) is 27.9. The van der Waals surface area contributed by atoms with Gasteiger partial charge in [-0.05, 0) is 62.7 Å². The van der Waals surface area contributed by atoms with Crippen molar-refractivity contribution in [2.45, 2.75) is 50.7 Å². The van der Waals surface area contributed by atoms with Gasteiger partial charge in [-0.25, -0.2) is 12.8 Å². The molecule has 0 aliphatic carbocycles. The Morgan fingerprint density at radius 2 is 1.55 bits per heavy atom. The molecule has 3 aromatic carbocycles. The number of nitrogens with one attached hydrogen (secondary N) is 1. The lowest BCUT2D eigenvalue weighted by molar-refractivity contribution is -0.139. The third-order valence-electron chi connectivity index (χ3n) is 6.19. The van der Waals surface area contributed by atoms with Gasteiger partial charge in [0.2, 0.25) is 11.8 Å². The maximum atomic E-state index is 14.6. The normalized spacial score (nSPS) is 12.9. The molecule has 3 aromatic rings. The number of sulfonamides is 1. The van der Waals surface area contributed by atoms with Gasteiger partial charge in [-0.1, -0.05) is 59.3 Å². The van der Waals surface area contributed by atoms with E-state index in [0.717, 1.165) is 8.78 Å². The summed E-state index contributed by atoms with van der Waals surface area (Å²) in [6, 6.07) is 19.2. The van der Waals surface area contributed by atoms with Crippen molar-refractivity contribution in [3.05, 3.63) is 94.7 Å². The molecule has 10 heteroatoms. The Kier molecular flexibility index (Phi) is 10.0. The first-order valence-corrected chi connectivity index (χ1v) is 14.4. The first kappa shape index (κ1) is 29.3. The standard InChI is InChI=1S/C28H31BrFN3O4S/c1-4-20(2)31-28(35)21(3)32(18-22-10-8-9-13-26(22)30)27(34)19-33(24-16-14-23(29)15-17-24)38(36,37)25-11-6-5-7-12-25/h5-17,20-21H,4,18-19H2,1-3H3,(H,31,35)/t20-,21-/m0/s1. The molecule has 0 unspecified atom stereocenters. The van der Waals surface area contributed by atoms with Crippen LogP contribution >= 0.6 is 15.9 Å². The van der Waals surface area contributed by atoms with Gasteiger partial charge in [0, 0.05) is 22.6 Å². The largest absolute Gasteiger partial charge is 0.352 e. The van der Waals surface area contributed by atoms with Crippen LogP contribution in [0.4, 0.5) is 10.1 Å². The van der Waals surface area contributed by atoms with Crippen LogP contribution in [0.1, 0.15) is 32.8 Å². The number of carbonyl (C=O) groups is 2. The number of hydrogen-bond acceptors (Lipinski definition) is 4. The smallest absolute Gasteiger partial charge is 0.264 e. The van der Waals surface area contributed by atoms with Crippen molar-refractivity contribution in [1.29, 1.82) is 0 Å². The summed E-state index contributed by atoms with van der Waals surface area (Å²) in [5.41, 5.74) is 0.484. The summed E-state index contributed by atoms with van der Waals surface area (Å²) in [6.07, 6.45) is 0.687. The topological polar surface area (TPSA) is 86.8 Å². The van der Waals surface area contributed by atoms with E-state index in [2.05, 4.69) is 21.2 Å². The lowest BCUT2D eigenvalue weighted by Gasteiger charge is -2.32. The number of hydrogen-bond donors (Lipinski definition) is 1. The summed E-state index contributed by atoms with van der Waals surface area (Å²) in [5.74, 6) is -1.59. The lowest BCUT2D eigenvalue weighted by Crippen LogP contribution is -2.52. The summed E-state index contributed by atoms with van der Waals surface area (Å²) in [5, 5.41) is 2.85. The summed E-state index contributed by atoms with van der Waals surface area (Å²) >= 11 is 3.35. The van der Waals surface area contributed by atoms with Crippen LogP contribution in [0.15, 0.2) is 88.2 Å². The Morgan fingerprint density at radius 1 is 0.947 bits per heavy atom. The van der Waals surface area contributed by atoms with Gasteiger partial charge in [0.25, 0.3) is 10.0 Å². The van der Waals surface area contributed by atoms with Gasteiger partial charge in [0.05, 0.1) is 10.6 Å². The van der Waals surface area contributed by atoms with Crippen molar-refractivity contribution in [3.8, 4) is 0 Å².